The summed E-state index contributed by atoms with van der Waals surface area (Å²) < 4.78 is 2.17. The normalized spacial score (nSPS) is 23.9. The largest absolute Gasteiger partial charge is 0.329 e. The van der Waals surface area contributed by atoms with E-state index in [1.165, 1.54) is 50.0 Å². The van der Waals surface area contributed by atoms with Gasteiger partial charge in [0, 0.05) is 24.7 Å². The van der Waals surface area contributed by atoms with Crippen LogP contribution in [-0.4, -0.2) is 29.4 Å². The zero-order chi connectivity index (χ0) is 11.7. The molecular formula is C13H22N4. The van der Waals surface area contributed by atoms with Crippen molar-refractivity contribution in [3.63, 3.8) is 0 Å². The van der Waals surface area contributed by atoms with Crippen LogP contribution in [0, 0.1) is 0 Å². The third-order valence-electron chi connectivity index (χ3n) is 4.06. The number of fused-ring (bicyclic) bond motifs is 1. The van der Waals surface area contributed by atoms with Crippen LogP contribution in [0.5, 0.6) is 0 Å². The molecule has 1 aromatic heterocycles. The first-order valence-corrected chi connectivity index (χ1v) is 6.89. The molecule has 0 aromatic carbocycles. The number of nitrogens with one attached hydrogen (secondary N) is 1. The minimum atomic E-state index is 0.634. The maximum absolute atomic E-state index is 5.67. The second-order valence-corrected chi connectivity index (χ2v) is 5.22. The highest BCUT2D eigenvalue weighted by Crippen LogP contribution is 2.32. The molecule has 1 fully saturated rings. The number of nitrogens with two attached hydrogens (primary N) is 1. The summed E-state index contributed by atoms with van der Waals surface area (Å²) in [6.07, 6.45) is 6.29. The molecule has 0 amide bonds. The van der Waals surface area contributed by atoms with E-state index < -0.39 is 0 Å². The third kappa shape index (κ3) is 2.00. The van der Waals surface area contributed by atoms with Crippen molar-refractivity contribution in [1.29, 1.82) is 0 Å². The molecule has 17 heavy (non-hydrogen) atoms. The number of rotatable bonds is 3. The maximum Gasteiger partial charge on any atom is 0.0703 e. The molecule has 2 aliphatic rings. The molecule has 0 saturated carbocycles. The zero-order valence-electron chi connectivity index (χ0n) is 10.4. The van der Waals surface area contributed by atoms with E-state index in [1.807, 2.05) is 0 Å². The van der Waals surface area contributed by atoms with E-state index in [1.54, 1.807) is 5.56 Å². The highest BCUT2D eigenvalue weighted by atomic mass is 15.3. The molecule has 1 aliphatic carbocycles. The molecule has 1 atom stereocenters. The van der Waals surface area contributed by atoms with Gasteiger partial charge >= 0.3 is 0 Å². The minimum Gasteiger partial charge on any atom is -0.329 e. The van der Waals surface area contributed by atoms with Crippen LogP contribution in [0.1, 0.15) is 42.1 Å². The Kier molecular flexibility index (Phi) is 3.16. The lowest BCUT2D eigenvalue weighted by Gasteiger charge is -2.21. The van der Waals surface area contributed by atoms with E-state index in [4.69, 9.17) is 10.8 Å². The van der Waals surface area contributed by atoms with Crippen molar-refractivity contribution in [2.45, 2.75) is 44.6 Å². The molecular weight excluding hydrogens is 212 g/mol. The van der Waals surface area contributed by atoms with Crippen molar-refractivity contribution in [3.8, 4) is 0 Å². The average Bonchev–Trinajstić information content (AvgIpc) is 2.94. The van der Waals surface area contributed by atoms with E-state index in [0.29, 0.717) is 12.5 Å². The van der Waals surface area contributed by atoms with E-state index in [2.05, 4.69) is 10.00 Å². The summed E-state index contributed by atoms with van der Waals surface area (Å²) in [5.41, 5.74) is 10.1. The predicted octanol–water partition coefficient (Wildman–Crippen LogP) is 0.797. The molecule has 3 rings (SSSR count). The van der Waals surface area contributed by atoms with Gasteiger partial charge in [-0.15, -0.1) is 0 Å². The summed E-state index contributed by atoms with van der Waals surface area (Å²) in [6, 6.07) is 0. The fraction of sp³-hybridized carbons (Fsp3) is 0.769. The summed E-state index contributed by atoms with van der Waals surface area (Å²) in [7, 11) is 0. The molecule has 1 aromatic rings. The monoisotopic (exact) mass is 234 g/mol. The number of hydrogen-bond donors (Lipinski definition) is 2. The first-order valence-electron chi connectivity index (χ1n) is 6.89. The summed E-state index contributed by atoms with van der Waals surface area (Å²) >= 11 is 0. The van der Waals surface area contributed by atoms with Crippen molar-refractivity contribution >= 4 is 0 Å². The number of hydrogen-bond acceptors (Lipinski definition) is 3. The van der Waals surface area contributed by atoms with Gasteiger partial charge in [0.25, 0.3) is 0 Å². The van der Waals surface area contributed by atoms with Gasteiger partial charge in [-0.1, -0.05) is 0 Å². The number of nitrogens with zero attached hydrogens (tertiary/aromatic N) is 2. The summed E-state index contributed by atoms with van der Waals surface area (Å²) in [5.74, 6) is 0.634. The first-order chi connectivity index (χ1) is 8.40. The van der Waals surface area contributed by atoms with Crippen LogP contribution in [-0.2, 0) is 19.4 Å². The lowest BCUT2D eigenvalue weighted by atomic mass is 9.93. The van der Waals surface area contributed by atoms with Crippen LogP contribution < -0.4 is 11.1 Å². The standard InChI is InChI=1S/C13H22N4/c14-6-8-17-12-5-1-4-11(12)13(16-17)10-3-2-7-15-9-10/h10,15H,1-9,14H2/t10-/m0/s1. The molecule has 4 heteroatoms. The van der Waals surface area contributed by atoms with Gasteiger partial charge in [0.1, 0.15) is 0 Å². The van der Waals surface area contributed by atoms with Gasteiger partial charge in [-0.2, -0.15) is 5.10 Å². The van der Waals surface area contributed by atoms with Crippen LogP contribution in [0.2, 0.25) is 0 Å². The van der Waals surface area contributed by atoms with Crippen molar-refractivity contribution in [2.24, 2.45) is 5.73 Å². The van der Waals surface area contributed by atoms with Crippen molar-refractivity contribution in [3.05, 3.63) is 17.0 Å². The Labute approximate surface area is 103 Å². The second-order valence-electron chi connectivity index (χ2n) is 5.22. The highest BCUT2D eigenvalue weighted by Gasteiger charge is 2.27. The lowest BCUT2D eigenvalue weighted by molar-refractivity contribution is 0.446. The summed E-state index contributed by atoms with van der Waals surface area (Å²) in [4.78, 5) is 0. The molecule has 0 unspecified atom stereocenters. The van der Waals surface area contributed by atoms with Crippen LogP contribution in [0.4, 0.5) is 0 Å². The van der Waals surface area contributed by atoms with Crippen molar-refractivity contribution < 1.29 is 0 Å². The molecule has 94 valence electrons. The molecule has 0 radical (unpaired) electrons. The SMILES string of the molecule is NCCn1nc([C@H]2CCCNC2)c2c1CCC2. The van der Waals surface area contributed by atoms with Crippen LogP contribution in [0.25, 0.3) is 0 Å². The van der Waals surface area contributed by atoms with Crippen molar-refractivity contribution in [2.75, 3.05) is 19.6 Å². The van der Waals surface area contributed by atoms with E-state index in [-0.39, 0.29) is 0 Å². The van der Waals surface area contributed by atoms with Crippen LogP contribution >= 0.6 is 0 Å². The van der Waals surface area contributed by atoms with E-state index >= 15 is 0 Å². The fourth-order valence-corrected chi connectivity index (χ4v) is 3.26. The van der Waals surface area contributed by atoms with Crippen molar-refractivity contribution in [1.82, 2.24) is 15.1 Å². The molecule has 1 aliphatic heterocycles. The summed E-state index contributed by atoms with van der Waals surface area (Å²) in [6.45, 7) is 3.84. The molecule has 1 saturated heterocycles. The van der Waals surface area contributed by atoms with Gasteiger partial charge in [-0.25, -0.2) is 0 Å². The fourth-order valence-electron chi connectivity index (χ4n) is 3.26. The van der Waals surface area contributed by atoms with Crippen LogP contribution in [0.3, 0.4) is 0 Å². The van der Waals surface area contributed by atoms with E-state index in [0.717, 1.165) is 13.1 Å². The van der Waals surface area contributed by atoms with Gasteiger partial charge in [0.2, 0.25) is 0 Å². The van der Waals surface area contributed by atoms with Gasteiger partial charge in [-0.05, 0) is 44.2 Å². The highest BCUT2D eigenvalue weighted by molar-refractivity contribution is 5.33. The smallest absolute Gasteiger partial charge is 0.0703 e. The Morgan fingerprint density at radius 2 is 2.29 bits per heavy atom. The molecule has 0 bridgehead atoms. The van der Waals surface area contributed by atoms with Gasteiger partial charge in [0.05, 0.1) is 12.2 Å². The van der Waals surface area contributed by atoms with Gasteiger partial charge < -0.3 is 11.1 Å². The minimum absolute atomic E-state index is 0.634. The van der Waals surface area contributed by atoms with Gasteiger partial charge in [-0.3, -0.25) is 4.68 Å². The molecule has 2 heterocycles. The topological polar surface area (TPSA) is 55.9 Å². The molecule has 3 N–H and O–H groups in total. The van der Waals surface area contributed by atoms with Gasteiger partial charge in [0.15, 0.2) is 0 Å². The predicted molar refractivity (Wildman–Crippen MR) is 68.2 cm³/mol. The Morgan fingerprint density at radius 3 is 3.06 bits per heavy atom. The third-order valence-corrected chi connectivity index (χ3v) is 4.06. The lowest BCUT2D eigenvalue weighted by Crippen LogP contribution is -2.29. The quantitative estimate of drug-likeness (QED) is 0.813. The Bertz CT molecular complexity index is 390. The van der Waals surface area contributed by atoms with E-state index in [9.17, 15) is 0 Å². The Balaban J connectivity index is 1.90. The number of aromatic nitrogens is 2. The number of piperidine rings is 1. The molecule has 0 spiro atoms. The second kappa shape index (κ2) is 4.78. The molecule has 4 nitrogen and oxygen atoms in total. The Hall–Kier alpha value is -0.870. The average molecular weight is 234 g/mol. The zero-order valence-corrected chi connectivity index (χ0v) is 10.4. The maximum atomic E-state index is 5.67. The van der Waals surface area contributed by atoms with Crippen LogP contribution in [0.15, 0.2) is 0 Å². The Morgan fingerprint density at radius 1 is 1.35 bits per heavy atom. The summed E-state index contributed by atoms with van der Waals surface area (Å²) in [5, 5.41) is 8.33. The first kappa shape index (κ1) is 11.2.